The van der Waals surface area contributed by atoms with E-state index in [1.165, 1.54) is 16.7 Å². The van der Waals surface area contributed by atoms with Crippen LogP contribution in [0.15, 0.2) is 77.6 Å². The van der Waals surface area contributed by atoms with Crippen molar-refractivity contribution in [1.29, 1.82) is 5.26 Å². The Balaban J connectivity index is 1.51. The average Bonchev–Trinajstić information content (AvgIpc) is 2.88. The molecule has 1 saturated heterocycles. The van der Waals surface area contributed by atoms with Crippen molar-refractivity contribution < 1.29 is 0 Å². The highest BCUT2D eigenvalue weighted by molar-refractivity contribution is 5.89. The molecule has 1 aliphatic rings. The van der Waals surface area contributed by atoms with Crippen molar-refractivity contribution in [2.24, 2.45) is 7.05 Å². The first-order valence-electron chi connectivity index (χ1n) is 12.0. The van der Waals surface area contributed by atoms with E-state index in [0.717, 1.165) is 30.8 Å². The third kappa shape index (κ3) is 4.31. The zero-order chi connectivity index (χ0) is 24.5. The maximum Gasteiger partial charge on any atom is 0.252 e. The number of benzene rings is 2. The Morgan fingerprint density at radius 1 is 1.00 bits per heavy atom. The molecule has 6 nitrogen and oxygen atoms in total. The Bertz CT molecular complexity index is 1450. The van der Waals surface area contributed by atoms with Crippen LogP contribution >= 0.6 is 0 Å². The lowest BCUT2D eigenvalue weighted by Crippen LogP contribution is -2.53. The normalized spacial score (nSPS) is 17.3. The molecule has 2 atom stereocenters. The van der Waals surface area contributed by atoms with Crippen LogP contribution in [0.25, 0.3) is 11.0 Å². The van der Waals surface area contributed by atoms with Crippen molar-refractivity contribution in [2.75, 3.05) is 24.5 Å². The molecule has 176 valence electrons. The summed E-state index contributed by atoms with van der Waals surface area (Å²) in [5.74, 6) is 0. The molecule has 0 N–H and O–H groups in total. The zero-order valence-corrected chi connectivity index (χ0v) is 20.3. The number of aryl methyl sites for hydroxylation is 2. The summed E-state index contributed by atoms with van der Waals surface area (Å²) in [7, 11) is 1.75. The SMILES string of the molecule is Cc1ccc(C(c2ccccc2)N2CCN(c3cc(=O)n(C)c4ccc(C#N)nc34)C(C)C2)cc1. The molecule has 0 saturated carbocycles. The van der Waals surface area contributed by atoms with E-state index in [4.69, 9.17) is 0 Å². The van der Waals surface area contributed by atoms with Gasteiger partial charge in [-0.15, -0.1) is 0 Å². The van der Waals surface area contributed by atoms with Gasteiger partial charge in [-0.2, -0.15) is 5.26 Å². The highest BCUT2D eigenvalue weighted by Gasteiger charge is 2.31. The number of aromatic nitrogens is 2. The van der Waals surface area contributed by atoms with E-state index < -0.39 is 0 Å². The van der Waals surface area contributed by atoms with E-state index in [9.17, 15) is 10.1 Å². The molecule has 0 amide bonds. The number of fused-ring (bicyclic) bond motifs is 1. The molecule has 2 unspecified atom stereocenters. The summed E-state index contributed by atoms with van der Waals surface area (Å²) >= 11 is 0. The molecule has 0 radical (unpaired) electrons. The van der Waals surface area contributed by atoms with E-state index in [-0.39, 0.29) is 17.6 Å². The Morgan fingerprint density at radius 2 is 1.71 bits per heavy atom. The lowest BCUT2D eigenvalue weighted by Gasteiger charge is -2.44. The van der Waals surface area contributed by atoms with Crippen LogP contribution < -0.4 is 10.5 Å². The number of hydrogen-bond acceptors (Lipinski definition) is 5. The molecular weight excluding hydrogens is 434 g/mol. The fourth-order valence-corrected chi connectivity index (χ4v) is 5.17. The minimum absolute atomic E-state index is 0.0737. The van der Waals surface area contributed by atoms with Crippen molar-refractivity contribution in [3.63, 3.8) is 0 Å². The van der Waals surface area contributed by atoms with Crippen LogP contribution in [0, 0.1) is 18.3 Å². The van der Waals surface area contributed by atoms with Crippen LogP contribution in [0.1, 0.15) is 35.3 Å². The molecule has 6 heteroatoms. The molecular formula is C29H29N5O. The smallest absolute Gasteiger partial charge is 0.252 e. The number of hydrogen-bond donors (Lipinski definition) is 0. The predicted octanol–water partition coefficient (Wildman–Crippen LogP) is 4.41. The standard InChI is InChI=1S/C29H29N5O/c1-20-9-11-23(12-10-20)29(22-7-5-4-6-8-22)33-15-16-34(21(2)19-33)26-17-27(35)32(3)25-14-13-24(18-30)31-28(25)26/h4-14,17,21,29H,15-16,19H2,1-3H3. The second-order valence-electron chi connectivity index (χ2n) is 9.36. The molecule has 2 aromatic heterocycles. The van der Waals surface area contributed by atoms with Gasteiger partial charge in [0.15, 0.2) is 0 Å². The monoisotopic (exact) mass is 463 g/mol. The van der Waals surface area contributed by atoms with Gasteiger partial charge in [-0.3, -0.25) is 9.69 Å². The fraction of sp³-hybridized carbons (Fsp3) is 0.276. The largest absolute Gasteiger partial charge is 0.364 e. The lowest BCUT2D eigenvalue weighted by molar-refractivity contribution is 0.188. The van der Waals surface area contributed by atoms with Crippen LogP contribution in [-0.4, -0.2) is 40.1 Å². The van der Waals surface area contributed by atoms with E-state index in [2.05, 4.69) is 89.3 Å². The van der Waals surface area contributed by atoms with Gasteiger partial charge in [-0.05, 0) is 37.1 Å². The molecule has 0 aliphatic carbocycles. The Morgan fingerprint density at radius 3 is 2.40 bits per heavy atom. The summed E-state index contributed by atoms with van der Waals surface area (Å²) in [6.45, 7) is 6.74. The van der Waals surface area contributed by atoms with E-state index in [1.54, 1.807) is 23.7 Å². The molecule has 1 fully saturated rings. The Hall–Kier alpha value is -3.95. The van der Waals surface area contributed by atoms with Gasteiger partial charge in [-0.25, -0.2) is 4.98 Å². The summed E-state index contributed by atoms with van der Waals surface area (Å²) < 4.78 is 1.59. The number of rotatable bonds is 4. The quantitative estimate of drug-likeness (QED) is 0.448. The second-order valence-corrected chi connectivity index (χ2v) is 9.36. The van der Waals surface area contributed by atoms with Gasteiger partial charge < -0.3 is 9.47 Å². The molecule has 1 aliphatic heterocycles. The van der Waals surface area contributed by atoms with Crippen molar-refractivity contribution in [3.05, 3.63) is 106 Å². The summed E-state index contributed by atoms with van der Waals surface area (Å²) in [6.07, 6.45) is 0. The number of pyridine rings is 2. The van der Waals surface area contributed by atoms with Crippen molar-refractivity contribution >= 4 is 16.7 Å². The molecule has 0 spiro atoms. The Labute approximate surface area is 205 Å². The third-order valence-electron chi connectivity index (χ3n) is 7.03. The number of nitriles is 1. The van der Waals surface area contributed by atoms with Crippen LogP contribution in [0.5, 0.6) is 0 Å². The van der Waals surface area contributed by atoms with Gasteiger partial charge >= 0.3 is 0 Å². The van der Waals surface area contributed by atoms with E-state index in [0.29, 0.717) is 11.2 Å². The molecule has 5 rings (SSSR count). The van der Waals surface area contributed by atoms with Crippen LogP contribution in [0.4, 0.5) is 5.69 Å². The predicted molar refractivity (Wildman–Crippen MR) is 140 cm³/mol. The van der Waals surface area contributed by atoms with Crippen molar-refractivity contribution in [1.82, 2.24) is 14.5 Å². The molecule has 2 aromatic carbocycles. The molecule has 35 heavy (non-hydrogen) atoms. The van der Waals surface area contributed by atoms with Gasteiger partial charge in [0.1, 0.15) is 17.3 Å². The van der Waals surface area contributed by atoms with Crippen LogP contribution in [0.3, 0.4) is 0 Å². The topological polar surface area (TPSA) is 65.2 Å². The Kier molecular flexibility index (Phi) is 6.10. The number of nitrogens with zero attached hydrogens (tertiary/aromatic N) is 5. The van der Waals surface area contributed by atoms with E-state index >= 15 is 0 Å². The second kappa shape index (κ2) is 9.36. The van der Waals surface area contributed by atoms with Gasteiger partial charge in [0.05, 0.1) is 17.2 Å². The first-order chi connectivity index (χ1) is 17.0. The summed E-state index contributed by atoms with van der Waals surface area (Å²) in [5.41, 5.74) is 6.33. The number of anilines is 1. The maximum atomic E-state index is 12.8. The first kappa shape index (κ1) is 22.8. The molecule has 0 bridgehead atoms. The minimum atomic E-state index is -0.0737. The average molecular weight is 464 g/mol. The highest BCUT2D eigenvalue weighted by Crippen LogP contribution is 2.33. The first-order valence-corrected chi connectivity index (χ1v) is 12.0. The highest BCUT2D eigenvalue weighted by atomic mass is 16.1. The lowest BCUT2D eigenvalue weighted by atomic mass is 9.95. The zero-order valence-electron chi connectivity index (χ0n) is 20.3. The van der Waals surface area contributed by atoms with Gasteiger partial charge in [0.2, 0.25) is 0 Å². The number of piperazine rings is 1. The maximum absolute atomic E-state index is 12.8. The van der Waals surface area contributed by atoms with Gasteiger partial charge in [0.25, 0.3) is 5.56 Å². The van der Waals surface area contributed by atoms with Crippen LogP contribution in [-0.2, 0) is 7.05 Å². The fourth-order valence-electron chi connectivity index (χ4n) is 5.17. The van der Waals surface area contributed by atoms with Gasteiger partial charge in [-0.1, -0.05) is 60.2 Å². The van der Waals surface area contributed by atoms with Crippen molar-refractivity contribution in [2.45, 2.75) is 25.9 Å². The summed E-state index contributed by atoms with van der Waals surface area (Å²) in [6, 6.07) is 27.0. The molecule has 3 heterocycles. The van der Waals surface area contributed by atoms with Gasteiger partial charge in [0, 0.05) is 38.8 Å². The third-order valence-corrected chi connectivity index (χ3v) is 7.03. The van der Waals surface area contributed by atoms with Crippen LogP contribution in [0.2, 0.25) is 0 Å². The van der Waals surface area contributed by atoms with E-state index in [1.807, 2.05) is 6.07 Å². The minimum Gasteiger partial charge on any atom is -0.364 e. The molecule has 4 aromatic rings. The van der Waals surface area contributed by atoms with Crippen molar-refractivity contribution in [3.8, 4) is 6.07 Å². The summed E-state index contributed by atoms with van der Waals surface area (Å²) in [5, 5.41) is 9.40. The summed E-state index contributed by atoms with van der Waals surface area (Å²) in [4.78, 5) is 22.1.